The fraction of sp³-hybridized carbons (Fsp3) is 0.667. The van der Waals surface area contributed by atoms with Crippen LogP contribution in [0, 0.1) is 5.92 Å². The summed E-state index contributed by atoms with van der Waals surface area (Å²) in [6, 6.07) is 0. The Morgan fingerprint density at radius 3 is 3.29 bits per heavy atom. The average molecular weight is 194 g/mol. The maximum Gasteiger partial charge on any atom is 0.199 e. The van der Waals surface area contributed by atoms with Gasteiger partial charge in [0, 0.05) is 13.0 Å². The minimum Gasteiger partial charge on any atom is -0.472 e. The fourth-order valence-corrected chi connectivity index (χ4v) is 2.31. The quantitative estimate of drug-likeness (QED) is 0.672. The highest BCUT2D eigenvalue weighted by atomic mass is 16.7. The molecule has 2 rings (SSSR count). The van der Waals surface area contributed by atoms with Crippen LogP contribution in [0.15, 0.2) is 24.0 Å². The van der Waals surface area contributed by atoms with Gasteiger partial charge in [0.05, 0.1) is 6.26 Å². The molecule has 0 unspecified atom stereocenters. The summed E-state index contributed by atoms with van der Waals surface area (Å²) in [5.74, 6) is 0.626. The van der Waals surface area contributed by atoms with Gasteiger partial charge in [-0.2, -0.15) is 0 Å². The van der Waals surface area contributed by atoms with E-state index in [2.05, 4.69) is 6.58 Å². The van der Waals surface area contributed by atoms with Crippen molar-refractivity contribution >= 4 is 0 Å². The van der Waals surface area contributed by atoms with Gasteiger partial charge in [-0.3, -0.25) is 0 Å². The van der Waals surface area contributed by atoms with Gasteiger partial charge >= 0.3 is 0 Å². The molecule has 0 aromatic heterocycles. The first-order valence-corrected chi connectivity index (χ1v) is 5.46. The van der Waals surface area contributed by atoms with E-state index in [4.69, 9.17) is 9.47 Å². The summed E-state index contributed by atoms with van der Waals surface area (Å²) in [4.78, 5) is 0. The molecule has 0 aromatic rings. The first kappa shape index (κ1) is 9.78. The van der Waals surface area contributed by atoms with Crippen molar-refractivity contribution in [1.29, 1.82) is 0 Å². The number of rotatable bonds is 2. The number of hydrogen-bond acceptors (Lipinski definition) is 2. The third-order valence-corrected chi connectivity index (χ3v) is 3.06. The minimum absolute atomic E-state index is 0.0281. The molecular formula is C12H18O2. The molecule has 1 saturated carbocycles. The first-order chi connectivity index (χ1) is 6.81. The van der Waals surface area contributed by atoms with E-state index in [1.165, 1.54) is 24.0 Å². The van der Waals surface area contributed by atoms with E-state index >= 15 is 0 Å². The predicted molar refractivity (Wildman–Crippen MR) is 55.7 cm³/mol. The normalized spacial score (nSPS) is 31.8. The van der Waals surface area contributed by atoms with Crippen LogP contribution in [0.1, 0.15) is 32.6 Å². The van der Waals surface area contributed by atoms with Crippen molar-refractivity contribution in [2.24, 2.45) is 5.92 Å². The van der Waals surface area contributed by atoms with Gasteiger partial charge in [-0.15, -0.1) is 0 Å². The van der Waals surface area contributed by atoms with Gasteiger partial charge in [0.15, 0.2) is 6.29 Å². The molecule has 0 saturated heterocycles. The molecule has 1 fully saturated rings. The lowest BCUT2D eigenvalue weighted by molar-refractivity contribution is -0.121. The summed E-state index contributed by atoms with van der Waals surface area (Å²) in [6.45, 7) is 6.81. The van der Waals surface area contributed by atoms with Gasteiger partial charge in [-0.1, -0.05) is 6.58 Å². The Morgan fingerprint density at radius 1 is 1.64 bits per heavy atom. The van der Waals surface area contributed by atoms with Crippen LogP contribution < -0.4 is 0 Å². The Balaban J connectivity index is 2.04. The van der Waals surface area contributed by atoms with E-state index in [1.54, 1.807) is 0 Å². The lowest BCUT2D eigenvalue weighted by atomic mass is 9.79. The standard InChI is InChI=1S/C12H18O2/c1-3-13-12-7-10-6-4-5-9(2)11(10)8-14-12/h8,10,12H,2-7H2,1H3/t10-,12+/m0/s1. The summed E-state index contributed by atoms with van der Waals surface area (Å²) in [5, 5.41) is 0. The first-order valence-electron chi connectivity index (χ1n) is 5.46. The second-order valence-electron chi connectivity index (χ2n) is 4.02. The van der Waals surface area contributed by atoms with Crippen LogP contribution >= 0.6 is 0 Å². The van der Waals surface area contributed by atoms with E-state index in [-0.39, 0.29) is 6.29 Å². The number of hydrogen-bond donors (Lipinski definition) is 0. The molecule has 0 N–H and O–H groups in total. The summed E-state index contributed by atoms with van der Waals surface area (Å²) in [6.07, 6.45) is 6.50. The second-order valence-corrected chi connectivity index (χ2v) is 4.02. The summed E-state index contributed by atoms with van der Waals surface area (Å²) in [5.41, 5.74) is 2.59. The van der Waals surface area contributed by atoms with Gasteiger partial charge in [0.2, 0.25) is 0 Å². The zero-order chi connectivity index (χ0) is 9.97. The van der Waals surface area contributed by atoms with Crippen LogP contribution in [0.25, 0.3) is 0 Å². The fourth-order valence-electron chi connectivity index (χ4n) is 2.31. The molecule has 0 bridgehead atoms. The van der Waals surface area contributed by atoms with Crippen LogP contribution in [-0.4, -0.2) is 12.9 Å². The summed E-state index contributed by atoms with van der Waals surface area (Å²) >= 11 is 0. The monoisotopic (exact) mass is 194 g/mol. The smallest absolute Gasteiger partial charge is 0.199 e. The Bertz CT molecular complexity index is 255. The second kappa shape index (κ2) is 4.18. The number of ether oxygens (including phenoxy) is 2. The van der Waals surface area contributed by atoms with Crippen molar-refractivity contribution in [1.82, 2.24) is 0 Å². The van der Waals surface area contributed by atoms with E-state index in [0.717, 1.165) is 19.4 Å². The molecular weight excluding hydrogens is 176 g/mol. The predicted octanol–water partition coefficient (Wildman–Crippen LogP) is 3.01. The molecule has 78 valence electrons. The zero-order valence-electron chi connectivity index (χ0n) is 8.79. The molecule has 0 radical (unpaired) electrons. The molecule has 2 atom stereocenters. The molecule has 14 heavy (non-hydrogen) atoms. The van der Waals surface area contributed by atoms with E-state index in [1.807, 2.05) is 13.2 Å². The molecule has 1 aliphatic carbocycles. The van der Waals surface area contributed by atoms with Crippen LogP contribution in [0.4, 0.5) is 0 Å². The number of allylic oxidation sites excluding steroid dienone is 2. The molecule has 0 spiro atoms. The minimum atomic E-state index is -0.0281. The molecule has 0 amide bonds. The third-order valence-electron chi connectivity index (χ3n) is 3.06. The lowest BCUT2D eigenvalue weighted by Crippen LogP contribution is -2.27. The average Bonchev–Trinajstić information content (AvgIpc) is 2.18. The maximum absolute atomic E-state index is 5.51. The van der Waals surface area contributed by atoms with Gasteiger partial charge in [0.25, 0.3) is 0 Å². The van der Waals surface area contributed by atoms with Gasteiger partial charge in [0.1, 0.15) is 0 Å². The van der Waals surface area contributed by atoms with Crippen LogP contribution in [-0.2, 0) is 9.47 Å². The highest BCUT2D eigenvalue weighted by Gasteiger charge is 2.29. The molecule has 1 heterocycles. The molecule has 1 aliphatic heterocycles. The van der Waals surface area contributed by atoms with Gasteiger partial charge in [-0.25, -0.2) is 0 Å². The molecule has 2 heteroatoms. The SMILES string of the molecule is C=C1CCC[C@H]2C[C@H](OCC)OC=C12. The van der Waals surface area contributed by atoms with Crippen LogP contribution in [0.3, 0.4) is 0 Å². The van der Waals surface area contributed by atoms with Gasteiger partial charge in [-0.05, 0) is 43.3 Å². The molecule has 2 nitrogen and oxygen atoms in total. The Hall–Kier alpha value is -0.760. The summed E-state index contributed by atoms with van der Waals surface area (Å²) < 4.78 is 11.0. The Kier molecular flexibility index (Phi) is 2.92. The Labute approximate surface area is 85.6 Å². The highest BCUT2D eigenvalue weighted by molar-refractivity contribution is 5.32. The van der Waals surface area contributed by atoms with E-state index in [9.17, 15) is 0 Å². The lowest BCUT2D eigenvalue weighted by Gasteiger charge is -2.33. The Morgan fingerprint density at radius 2 is 2.50 bits per heavy atom. The maximum atomic E-state index is 5.51. The van der Waals surface area contributed by atoms with Crippen molar-refractivity contribution in [2.75, 3.05) is 6.61 Å². The van der Waals surface area contributed by atoms with Crippen molar-refractivity contribution in [3.63, 3.8) is 0 Å². The molecule has 2 aliphatic rings. The highest BCUT2D eigenvalue weighted by Crippen LogP contribution is 2.38. The van der Waals surface area contributed by atoms with Crippen LogP contribution in [0.5, 0.6) is 0 Å². The van der Waals surface area contributed by atoms with E-state index in [0.29, 0.717) is 5.92 Å². The summed E-state index contributed by atoms with van der Waals surface area (Å²) in [7, 11) is 0. The zero-order valence-corrected chi connectivity index (χ0v) is 8.79. The van der Waals surface area contributed by atoms with Crippen molar-refractivity contribution < 1.29 is 9.47 Å². The third kappa shape index (κ3) is 1.85. The van der Waals surface area contributed by atoms with Gasteiger partial charge < -0.3 is 9.47 Å². The van der Waals surface area contributed by atoms with Crippen molar-refractivity contribution in [3.8, 4) is 0 Å². The topological polar surface area (TPSA) is 18.5 Å². The van der Waals surface area contributed by atoms with Crippen LogP contribution in [0.2, 0.25) is 0 Å². The van der Waals surface area contributed by atoms with Crippen molar-refractivity contribution in [2.45, 2.75) is 38.9 Å². The number of fused-ring (bicyclic) bond motifs is 1. The van der Waals surface area contributed by atoms with Crippen molar-refractivity contribution in [3.05, 3.63) is 24.0 Å². The largest absolute Gasteiger partial charge is 0.472 e. The van der Waals surface area contributed by atoms with E-state index < -0.39 is 0 Å². The molecule has 0 aromatic carbocycles.